The lowest BCUT2D eigenvalue weighted by atomic mass is 11.9. The molecule has 0 aliphatic carbocycles. The number of rotatable bonds is 3. The van der Waals surface area contributed by atoms with E-state index in [0.717, 1.165) is 6.26 Å². The van der Waals surface area contributed by atoms with Crippen molar-refractivity contribution in [3.63, 3.8) is 0 Å². The van der Waals surface area contributed by atoms with Crippen LogP contribution < -0.4 is 0 Å². The van der Waals surface area contributed by atoms with E-state index in [-0.39, 0.29) is 0 Å². The van der Waals surface area contributed by atoms with E-state index in [9.17, 15) is 17.2 Å². The molecule has 0 aliphatic rings. The average molecular weight is 220 g/mol. The smallest absolute Gasteiger partial charge is 0.290 e. The molecular weight excluding hydrogens is 214 g/mol. The fourth-order valence-electron chi connectivity index (χ4n) is 0.335. The Kier molecular flexibility index (Phi) is 4.32. The van der Waals surface area contributed by atoms with Crippen molar-refractivity contribution in [2.45, 2.75) is 0 Å². The van der Waals surface area contributed by atoms with Gasteiger partial charge in [0, 0.05) is 6.26 Å². The Hall–Kier alpha value is 0.170. The van der Waals surface area contributed by atoms with E-state index >= 15 is 0 Å². The van der Waals surface area contributed by atoms with Gasteiger partial charge in [-0.3, -0.25) is 8.76 Å². The van der Waals surface area contributed by atoms with Crippen LogP contribution in [-0.2, 0) is 32.1 Å². The highest BCUT2D eigenvalue weighted by molar-refractivity contribution is 8.07. The normalized spacial score (nSPS) is 21.7. The predicted molar refractivity (Wildman–Crippen MR) is 41.1 cm³/mol. The summed E-state index contributed by atoms with van der Waals surface area (Å²) in [6.07, 6.45) is 0.997. The van der Waals surface area contributed by atoms with Gasteiger partial charge < -0.3 is 4.55 Å². The third-order valence-electron chi connectivity index (χ3n) is 0.536. The van der Waals surface area contributed by atoms with E-state index in [4.69, 9.17) is 4.55 Å². The van der Waals surface area contributed by atoms with Crippen LogP contribution in [0.3, 0.4) is 0 Å². The third kappa shape index (κ3) is 6.56. The molecule has 0 rings (SSSR count). The Morgan fingerprint density at radius 1 is 1.64 bits per heavy atom. The van der Waals surface area contributed by atoms with Gasteiger partial charge in [-0.25, -0.2) is 8.42 Å². The summed E-state index contributed by atoms with van der Waals surface area (Å²) in [4.78, 5) is 0. The topological polar surface area (TPSA) is 107 Å². The maximum atomic E-state index is 10.9. The molecule has 68 valence electrons. The lowest BCUT2D eigenvalue weighted by molar-refractivity contribution is 0.541. The van der Waals surface area contributed by atoms with Crippen molar-refractivity contribution in [2.24, 2.45) is 3.77 Å². The maximum Gasteiger partial charge on any atom is 0.290 e. The van der Waals surface area contributed by atoms with Gasteiger partial charge in [0.25, 0.3) is 11.3 Å². The molecule has 1 N–H and O–H groups in total. The van der Waals surface area contributed by atoms with Crippen LogP contribution in [0.15, 0.2) is 3.77 Å². The second-order valence-corrected chi connectivity index (χ2v) is 6.21. The first-order chi connectivity index (χ1) is 4.83. The second-order valence-electron chi connectivity index (χ2n) is 1.69. The zero-order valence-corrected chi connectivity index (χ0v) is 7.91. The standard InChI is InChI=1S/C2H7NO5S3/c1-11(8,2-9(4)5)3-10(6)7/h2H2,1H3,(H,4,5)(H,6,7)/p-1. The lowest BCUT2D eigenvalue weighted by Gasteiger charge is -2.04. The molecule has 3 unspecified atom stereocenters. The van der Waals surface area contributed by atoms with Gasteiger partial charge in [0.05, 0.1) is 14.8 Å². The predicted octanol–water partition coefficient (Wildman–Crippen LogP) is -0.942. The molecule has 3 atom stereocenters. The molecule has 0 aromatic heterocycles. The molecule has 9 heteroatoms. The Labute approximate surface area is 69.3 Å². The highest BCUT2D eigenvalue weighted by atomic mass is 32.3. The number of hydrogen-bond donors (Lipinski definition) is 1. The van der Waals surface area contributed by atoms with E-state index in [1.165, 1.54) is 0 Å². The van der Waals surface area contributed by atoms with Crippen molar-refractivity contribution >= 4 is 32.1 Å². The first-order valence-electron chi connectivity index (χ1n) is 2.20. The Morgan fingerprint density at radius 2 is 2.09 bits per heavy atom. The van der Waals surface area contributed by atoms with Crippen LogP contribution in [0.1, 0.15) is 0 Å². The largest absolute Gasteiger partial charge is 0.772 e. The molecule has 0 aliphatic heterocycles. The monoisotopic (exact) mass is 220 g/mol. The van der Waals surface area contributed by atoms with Gasteiger partial charge in [-0.05, 0) is 11.1 Å². The molecule has 0 radical (unpaired) electrons. The summed E-state index contributed by atoms with van der Waals surface area (Å²) in [5, 5.41) is -0.723. The SMILES string of the molecule is CS(=O)(CS(=O)[O-])=NS(=O)O. The summed E-state index contributed by atoms with van der Waals surface area (Å²) < 4.78 is 51.7. The van der Waals surface area contributed by atoms with Crippen LogP contribution in [0.25, 0.3) is 0 Å². The highest BCUT2D eigenvalue weighted by Crippen LogP contribution is 1.94. The van der Waals surface area contributed by atoms with Crippen molar-refractivity contribution in [1.29, 1.82) is 0 Å². The van der Waals surface area contributed by atoms with Gasteiger partial charge in [0.1, 0.15) is 0 Å². The molecule has 0 aromatic carbocycles. The van der Waals surface area contributed by atoms with Crippen molar-refractivity contribution in [1.82, 2.24) is 0 Å². The Morgan fingerprint density at radius 3 is 2.36 bits per heavy atom. The van der Waals surface area contributed by atoms with Gasteiger partial charge in [-0.2, -0.15) is 0 Å². The minimum atomic E-state index is -3.07. The maximum absolute atomic E-state index is 10.9. The van der Waals surface area contributed by atoms with E-state index in [1.54, 1.807) is 0 Å². The van der Waals surface area contributed by atoms with E-state index in [1.807, 2.05) is 0 Å². The van der Waals surface area contributed by atoms with Crippen molar-refractivity contribution in [3.05, 3.63) is 0 Å². The van der Waals surface area contributed by atoms with Gasteiger partial charge >= 0.3 is 0 Å². The van der Waals surface area contributed by atoms with E-state index in [2.05, 4.69) is 3.77 Å². The third-order valence-corrected chi connectivity index (χ3v) is 4.83. The lowest BCUT2D eigenvalue weighted by Crippen LogP contribution is -2.09. The summed E-state index contributed by atoms with van der Waals surface area (Å²) in [7, 11) is -3.07. The Balaban J connectivity index is 4.60. The molecule has 0 amide bonds. The van der Waals surface area contributed by atoms with Crippen molar-refractivity contribution < 1.29 is 21.7 Å². The molecule has 0 aromatic rings. The van der Waals surface area contributed by atoms with Crippen LogP contribution >= 0.6 is 0 Å². The summed E-state index contributed by atoms with van der Waals surface area (Å²) in [6, 6.07) is 0. The zero-order valence-electron chi connectivity index (χ0n) is 5.46. The van der Waals surface area contributed by atoms with Crippen LogP contribution in [0, 0.1) is 0 Å². The summed E-state index contributed by atoms with van der Waals surface area (Å²) >= 11 is -5.09. The second kappa shape index (κ2) is 4.26. The van der Waals surface area contributed by atoms with Gasteiger partial charge in [-0.1, -0.05) is 0 Å². The van der Waals surface area contributed by atoms with Gasteiger partial charge in [0.15, 0.2) is 0 Å². The fourth-order valence-corrected chi connectivity index (χ4v) is 3.40. The van der Waals surface area contributed by atoms with Crippen LogP contribution in [0.5, 0.6) is 0 Å². The number of nitrogens with zero attached hydrogens (tertiary/aromatic N) is 1. The molecule has 6 nitrogen and oxygen atoms in total. The molecule has 0 spiro atoms. The summed E-state index contributed by atoms with van der Waals surface area (Å²) in [6.45, 7) is 0. The van der Waals surface area contributed by atoms with Gasteiger partial charge in [-0.15, -0.1) is 3.77 Å². The molecule has 11 heavy (non-hydrogen) atoms. The minimum Gasteiger partial charge on any atom is -0.772 e. The first kappa shape index (κ1) is 11.2. The molecule has 0 bridgehead atoms. The molecule has 0 saturated heterocycles. The zero-order chi connectivity index (χ0) is 9.07. The fraction of sp³-hybridized carbons (Fsp3) is 1.00. The van der Waals surface area contributed by atoms with Crippen molar-refractivity contribution in [3.8, 4) is 0 Å². The number of hydrogen-bond acceptors (Lipinski definition) is 4. The average Bonchev–Trinajstić information content (AvgIpc) is 1.53. The van der Waals surface area contributed by atoms with Crippen molar-refractivity contribution in [2.75, 3.05) is 11.3 Å². The molecular formula is C2H6NO5S3-. The summed E-state index contributed by atoms with van der Waals surface area (Å²) in [5.74, 6) is 0. The minimum absolute atomic E-state index is 0.723. The Bertz CT molecular complexity index is 288. The van der Waals surface area contributed by atoms with Crippen LogP contribution in [0.4, 0.5) is 0 Å². The highest BCUT2D eigenvalue weighted by Gasteiger charge is 2.02. The van der Waals surface area contributed by atoms with Crippen LogP contribution in [0.2, 0.25) is 0 Å². The van der Waals surface area contributed by atoms with Gasteiger partial charge in [0.2, 0.25) is 0 Å². The van der Waals surface area contributed by atoms with E-state index < -0.39 is 37.2 Å². The van der Waals surface area contributed by atoms with Crippen LogP contribution in [-0.4, -0.2) is 33.1 Å². The quantitative estimate of drug-likeness (QED) is 0.617. The summed E-state index contributed by atoms with van der Waals surface area (Å²) in [5.41, 5.74) is 0. The van der Waals surface area contributed by atoms with E-state index in [0.29, 0.717) is 0 Å². The molecule has 0 heterocycles. The molecule has 0 fully saturated rings. The first-order valence-corrected chi connectivity index (χ1v) is 6.60. The molecule has 0 saturated carbocycles.